The Morgan fingerprint density at radius 1 is 1.35 bits per heavy atom. The first-order valence-corrected chi connectivity index (χ1v) is 7.70. The van der Waals surface area contributed by atoms with Gasteiger partial charge in [0.25, 0.3) is 0 Å². The zero-order valence-corrected chi connectivity index (χ0v) is 13.1. The normalized spacial score (nSPS) is 31.6. The molecule has 6 nitrogen and oxygen atoms in total. The van der Waals surface area contributed by atoms with Crippen molar-refractivity contribution >= 4 is 17.5 Å². The number of Topliss-reactive ketones (excluding diaryl/α,β-unsaturated/α-hetero) is 1. The molecule has 6 heteroatoms. The summed E-state index contributed by atoms with van der Waals surface area (Å²) < 4.78 is 5.16. The Hall–Kier alpha value is -2.05. The fraction of sp³-hybridized carbons (Fsp3) is 0.471. The number of ketones is 1. The van der Waals surface area contributed by atoms with Crippen molar-refractivity contribution in [3.8, 4) is 0 Å². The highest BCUT2D eigenvalue weighted by Crippen LogP contribution is 2.53. The summed E-state index contributed by atoms with van der Waals surface area (Å²) >= 11 is 0. The first-order chi connectivity index (χ1) is 10.9. The molecule has 0 bridgehead atoms. The Balaban J connectivity index is 2.03. The molecule has 23 heavy (non-hydrogen) atoms. The van der Waals surface area contributed by atoms with E-state index in [4.69, 9.17) is 4.74 Å². The molecule has 0 saturated carbocycles. The highest BCUT2D eigenvalue weighted by molar-refractivity contribution is 6.18. The van der Waals surface area contributed by atoms with E-state index in [1.165, 1.54) is 19.1 Å². The van der Waals surface area contributed by atoms with Crippen LogP contribution in [0.25, 0.3) is 0 Å². The fourth-order valence-corrected chi connectivity index (χ4v) is 3.40. The quantitative estimate of drug-likeness (QED) is 0.642. The summed E-state index contributed by atoms with van der Waals surface area (Å²) in [6.45, 7) is 3.67. The van der Waals surface area contributed by atoms with Crippen LogP contribution in [0.15, 0.2) is 29.3 Å². The summed E-state index contributed by atoms with van der Waals surface area (Å²) in [5, 5.41) is 21.9. The van der Waals surface area contributed by atoms with Gasteiger partial charge in [-0.1, -0.05) is 37.6 Å². The molecule has 0 amide bonds. The Labute approximate surface area is 133 Å². The maximum Gasteiger partial charge on any atom is 0.318 e. The van der Waals surface area contributed by atoms with Crippen LogP contribution in [0.5, 0.6) is 0 Å². The van der Waals surface area contributed by atoms with Crippen molar-refractivity contribution in [2.45, 2.75) is 38.0 Å². The number of carbonyl (C=O) groups is 2. The van der Waals surface area contributed by atoms with Gasteiger partial charge in [0.1, 0.15) is 5.92 Å². The van der Waals surface area contributed by atoms with Crippen molar-refractivity contribution < 1.29 is 24.5 Å². The Kier molecular flexibility index (Phi) is 3.61. The van der Waals surface area contributed by atoms with Gasteiger partial charge in [-0.3, -0.25) is 14.6 Å². The largest absolute Gasteiger partial charge is 0.465 e. The van der Waals surface area contributed by atoms with Gasteiger partial charge in [0.05, 0.1) is 6.61 Å². The van der Waals surface area contributed by atoms with E-state index >= 15 is 0 Å². The molecule has 1 aliphatic carbocycles. The van der Waals surface area contributed by atoms with Gasteiger partial charge < -0.3 is 14.9 Å². The summed E-state index contributed by atoms with van der Waals surface area (Å²) in [5.74, 6) is -2.74. The minimum atomic E-state index is -2.34. The van der Waals surface area contributed by atoms with Crippen LogP contribution in [0.4, 0.5) is 0 Å². The van der Waals surface area contributed by atoms with Crippen LogP contribution in [0.3, 0.4) is 0 Å². The maximum atomic E-state index is 12.7. The molecule has 0 unspecified atom stereocenters. The number of aliphatic hydroxyl groups is 2. The van der Waals surface area contributed by atoms with Crippen molar-refractivity contribution in [1.29, 1.82) is 0 Å². The van der Waals surface area contributed by atoms with E-state index in [1.54, 1.807) is 12.1 Å². The van der Waals surface area contributed by atoms with E-state index in [9.17, 15) is 19.8 Å². The molecule has 0 saturated heterocycles. The number of unbranched alkanes of at least 4 members (excludes halogenated alkanes) is 1. The Morgan fingerprint density at radius 2 is 2.04 bits per heavy atom. The summed E-state index contributed by atoms with van der Waals surface area (Å²) in [5.41, 5.74) is -3.89. The number of esters is 1. The molecule has 0 radical (unpaired) electrons. The molecule has 1 heterocycles. The smallest absolute Gasteiger partial charge is 0.318 e. The van der Waals surface area contributed by atoms with Gasteiger partial charge in [-0.2, -0.15) is 0 Å². The van der Waals surface area contributed by atoms with Gasteiger partial charge in [0.2, 0.25) is 11.5 Å². The lowest BCUT2D eigenvalue weighted by molar-refractivity contribution is -0.165. The van der Waals surface area contributed by atoms with Crippen molar-refractivity contribution in [1.82, 2.24) is 0 Å². The van der Waals surface area contributed by atoms with Gasteiger partial charge in [0.15, 0.2) is 5.60 Å². The van der Waals surface area contributed by atoms with E-state index in [2.05, 4.69) is 4.99 Å². The molecule has 1 aromatic carbocycles. The molecule has 0 fully saturated rings. The summed E-state index contributed by atoms with van der Waals surface area (Å²) in [7, 11) is 0. The van der Waals surface area contributed by atoms with Gasteiger partial charge in [0, 0.05) is 16.8 Å². The highest BCUT2D eigenvalue weighted by Gasteiger charge is 2.72. The van der Waals surface area contributed by atoms with Gasteiger partial charge in [-0.05, 0) is 13.3 Å². The number of hydrogen-bond donors (Lipinski definition) is 2. The highest BCUT2D eigenvalue weighted by atomic mass is 16.5. The van der Waals surface area contributed by atoms with Crippen LogP contribution in [0.2, 0.25) is 0 Å². The molecule has 2 aliphatic rings. The van der Waals surface area contributed by atoms with E-state index in [0.717, 1.165) is 6.42 Å². The molecule has 0 aromatic heterocycles. The van der Waals surface area contributed by atoms with Crippen LogP contribution in [-0.2, 0) is 15.3 Å². The molecule has 3 rings (SSSR count). The molecule has 122 valence electrons. The number of benzene rings is 1. The predicted molar refractivity (Wildman–Crippen MR) is 82.1 cm³/mol. The number of nitrogens with zero attached hydrogens (tertiary/aromatic N) is 1. The van der Waals surface area contributed by atoms with E-state index < -0.39 is 29.0 Å². The van der Waals surface area contributed by atoms with Crippen molar-refractivity contribution in [3.05, 3.63) is 35.4 Å². The maximum absolute atomic E-state index is 12.7. The average molecular weight is 317 g/mol. The van der Waals surface area contributed by atoms with Gasteiger partial charge >= 0.3 is 5.97 Å². The topological polar surface area (TPSA) is 96.2 Å². The zero-order chi connectivity index (χ0) is 16.8. The molecule has 3 atom stereocenters. The van der Waals surface area contributed by atoms with Crippen LogP contribution < -0.4 is 0 Å². The van der Waals surface area contributed by atoms with E-state index in [1.807, 2.05) is 6.92 Å². The molecular formula is C17H19NO5. The van der Waals surface area contributed by atoms with E-state index in [-0.39, 0.29) is 23.4 Å². The van der Waals surface area contributed by atoms with Crippen molar-refractivity contribution in [2.24, 2.45) is 10.9 Å². The summed E-state index contributed by atoms with van der Waals surface area (Å²) in [6, 6.07) is 6.33. The standard InChI is InChI=1S/C17H19NO5/c1-3-4-9-23-15(20)13-10(2)18-17(22)12-8-6-5-7-11(12)14(19)16(13,17)21/h5-8,13,21-22H,3-4,9H2,1-2H3/t13-,16+,17+/m1/s1. The van der Waals surface area contributed by atoms with E-state index in [0.29, 0.717) is 6.42 Å². The molecule has 2 N–H and O–H groups in total. The minimum absolute atomic E-state index is 0.181. The lowest BCUT2D eigenvalue weighted by Gasteiger charge is -2.31. The first-order valence-electron chi connectivity index (χ1n) is 7.70. The third-order valence-electron chi connectivity index (χ3n) is 4.58. The van der Waals surface area contributed by atoms with Gasteiger partial charge in [-0.25, -0.2) is 0 Å². The summed E-state index contributed by atoms with van der Waals surface area (Å²) in [6.07, 6.45) is 1.54. The number of rotatable bonds is 4. The fourth-order valence-electron chi connectivity index (χ4n) is 3.40. The second-order valence-corrected chi connectivity index (χ2v) is 6.02. The number of hydrogen-bond acceptors (Lipinski definition) is 6. The summed E-state index contributed by atoms with van der Waals surface area (Å²) in [4.78, 5) is 29.2. The van der Waals surface area contributed by atoms with Crippen molar-refractivity contribution in [2.75, 3.05) is 6.61 Å². The third-order valence-corrected chi connectivity index (χ3v) is 4.58. The first kappa shape index (κ1) is 15.8. The predicted octanol–water partition coefficient (Wildman–Crippen LogP) is 1.19. The zero-order valence-electron chi connectivity index (χ0n) is 13.1. The molecule has 1 aromatic rings. The van der Waals surface area contributed by atoms with Crippen LogP contribution in [-0.4, -0.2) is 39.9 Å². The molecule has 1 aliphatic heterocycles. The average Bonchev–Trinajstić information content (AvgIpc) is 2.83. The Bertz CT molecular complexity index is 713. The number of ether oxygens (including phenoxy) is 1. The number of aliphatic imine (C=N–C) groups is 1. The number of carbonyl (C=O) groups excluding carboxylic acids is 2. The minimum Gasteiger partial charge on any atom is -0.465 e. The van der Waals surface area contributed by atoms with Crippen molar-refractivity contribution in [3.63, 3.8) is 0 Å². The van der Waals surface area contributed by atoms with Crippen LogP contribution in [0.1, 0.15) is 42.6 Å². The lowest BCUT2D eigenvalue weighted by atomic mass is 9.79. The second-order valence-electron chi connectivity index (χ2n) is 6.02. The lowest BCUT2D eigenvalue weighted by Crippen LogP contribution is -2.56. The monoisotopic (exact) mass is 317 g/mol. The van der Waals surface area contributed by atoms with Crippen LogP contribution in [0, 0.1) is 5.92 Å². The van der Waals surface area contributed by atoms with Gasteiger partial charge in [-0.15, -0.1) is 0 Å². The SMILES string of the molecule is CCCCOC(=O)[C@H]1C(C)=N[C@]2(O)c3ccccc3C(=O)[C@@]12O. The molecular weight excluding hydrogens is 298 g/mol. The second kappa shape index (κ2) is 5.25. The number of fused-ring (bicyclic) bond motifs is 3. The van der Waals surface area contributed by atoms with Crippen LogP contribution >= 0.6 is 0 Å². The molecule has 0 spiro atoms. The Morgan fingerprint density at radius 3 is 2.74 bits per heavy atom. The third kappa shape index (κ3) is 1.91.